The highest BCUT2D eigenvalue weighted by atomic mass is 35.5. The van der Waals surface area contributed by atoms with Gasteiger partial charge in [0.15, 0.2) is 0 Å². The number of nitrogens with zero attached hydrogens (tertiary/aromatic N) is 3. The molecule has 21 heavy (non-hydrogen) atoms. The fourth-order valence-electron chi connectivity index (χ4n) is 1.79. The first-order chi connectivity index (χ1) is 10.1. The van der Waals surface area contributed by atoms with Crippen LogP contribution in [0.4, 0.5) is 0 Å². The van der Waals surface area contributed by atoms with Gasteiger partial charge in [-0.05, 0) is 24.3 Å². The van der Waals surface area contributed by atoms with E-state index < -0.39 is 5.97 Å². The van der Waals surface area contributed by atoms with Gasteiger partial charge < -0.3 is 9.63 Å². The first-order valence-corrected chi connectivity index (χ1v) is 6.31. The minimum Gasteiger partial charge on any atom is -0.478 e. The molecule has 0 saturated heterocycles. The average molecular weight is 302 g/mol. The quantitative estimate of drug-likeness (QED) is 0.747. The molecule has 6 nitrogen and oxygen atoms in total. The Kier molecular flexibility index (Phi) is 3.37. The van der Waals surface area contributed by atoms with Crippen molar-refractivity contribution in [2.45, 2.75) is 0 Å². The van der Waals surface area contributed by atoms with Gasteiger partial charge in [0, 0.05) is 11.8 Å². The molecule has 104 valence electrons. The summed E-state index contributed by atoms with van der Waals surface area (Å²) in [6.45, 7) is 0. The average Bonchev–Trinajstić information content (AvgIpc) is 2.97. The molecule has 2 heterocycles. The van der Waals surface area contributed by atoms with Crippen LogP contribution in [0.3, 0.4) is 0 Å². The normalized spacial score (nSPS) is 10.5. The lowest BCUT2D eigenvalue weighted by Crippen LogP contribution is -1.96. The lowest BCUT2D eigenvalue weighted by molar-refractivity contribution is 0.0697. The summed E-state index contributed by atoms with van der Waals surface area (Å²) >= 11 is 5.96. The van der Waals surface area contributed by atoms with E-state index >= 15 is 0 Å². The van der Waals surface area contributed by atoms with Gasteiger partial charge in [-0.3, -0.25) is 0 Å². The van der Waals surface area contributed by atoms with E-state index in [4.69, 9.17) is 21.2 Å². The van der Waals surface area contributed by atoms with Crippen molar-refractivity contribution in [3.8, 4) is 22.8 Å². The van der Waals surface area contributed by atoms with Crippen LogP contribution in [0.15, 0.2) is 47.1 Å². The van der Waals surface area contributed by atoms with Crippen molar-refractivity contribution in [3.05, 3.63) is 53.3 Å². The van der Waals surface area contributed by atoms with Crippen molar-refractivity contribution in [2.75, 3.05) is 0 Å². The predicted molar refractivity (Wildman–Crippen MR) is 74.9 cm³/mol. The largest absolute Gasteiger partial charge is 0.478 e. The van der Waals surface area contributed by atoms with Crippen molar-refractivity contribution >= 4 is 17.6 Å². The maximum absolute atomic E-state index is 11.0. The van der Waals surface area contributed by atoms with Crippen LogP contribution in [0.1, 0.15) is 10.4 Å². The maximum Gasteiger partial charge on any atom is 0.335 e. The topological polar surface area (TPSA) is 89.1 Å². The Morgan fingerprint density at radius 2 is 2.10 bits per heavy atom. The van der Waals surface area contributed by atoms with Crippen LogP contribution >= 0.6 is 11.6 Å². The van der Waals surface area contributed by atoms with E-state index in [2.05, 4.69) is 15.1 Å². The molecule has 7 heteroatoms. The number of hydrogen-bond donors (Lipinski definition) is 1. The van der Waals surface area contributed by atoms with Crippen molar-refractivity contribution < 1.29 is 14.4 Å². The standard InChI is InChI=1S/C14H8ClN3O3/c15-11-10(5-2-6-16-11)13-17-12(18-21-13)8-3-1-4-9(7-8)14(19)20/h1-7H,(H,19,20). The van der Waals surface area contributed by atoms with E-state index in [-0.39, 0.29) is 22.4 Å². The molecule has 1 N–H and O–H groups in total. The highest BCUT2D eigenvalue weighted by Gasteiger charge is 2.14. The lowest BCUT2D eigenvalue weighted by Gasteiger charge is -1.97. The molecule has 0 unspecified atom stereocenters. The third-order valence-electron chi connectivity index (χ3n) is 2.78. The minimum atomic E-state index is -1.02. The number of aromatic nitrogens is 3. The molecular formula is C14H8ClN3O3. The second-order valence-electron chi connectivity index (χ2n) is 4.15. The Morgan fingerprint density at radius 3 is 2.86 bits per heavy atom. The molecule has 0 aliphatic heterocycles. The number of hydrogen-bond acceptors (Lipinski definition) is 5. The van der Waals surface area contributed by atoms with Gasteiger partial charge in [-0.25, -0.2) is 9.78 Å². The summed E-state index contributed by atoms with van der Waals surface area (Å²) < 4.78 is 5.15. The van der Waals surface area contributed by atoms with Gasteiger partial charge >= 0.3 is 5.97 Å². The molecule has 0 aliphatic carbocycles. The van der Waals surface area contributed by atoms with Gasteiger partial charge in [0.25, 0.3) is 5.89 Å². The Hall–Kier alpha value is -2.73. The summed E-state index contributed by atoms with van der Waals surface area (Å²) in [5.74, 6) is -0.507. The summed E-state index contributed by atoms with van der Waals surface area (Å²) in [6, 6.07) is 9.70. The highest BCUT2D eigenvalue weighted by molar-refractivity contribution is 6.31. The number of aromatic carboxylic acids is 1. The molecule has 0 aliphatic rings. The summed E-state index contributed by atoms with van der Waals surface area (Å²) in [7, 11) is 0. The van der Waals surface area contributed by atoms with Crippen LogP contribution < -0.4 is 0 Å². The van der Waals surface area contributed by atoms with Gasteiger partial charge in [0.1, 0.15) is 5.15 Å². The van der Waals surface area contributed by atoms with Crippen LogP contribution in [0, 0.1) is 0 Å². The molecule has 0 fully saturated rings. The second-order valence-corrected chi connectivity index (χ2v) is 4.51. The van der Waals surface area contributed by atoms with Gasteiger partial charge in [-0.1, -0.05) is 28.9 Å². The fourth-order valence-corrected chi connectivity index (χ4v) is 1.99. The van der Waals surface area contributed by atoms with Gasteiger partial charge in [-0.2, -0.15) is 4.98 Å². The number of rotatable bonds is 3. The van der Waals surface area contributed by atoms with E-state index in [9.17, 15) is 4.79 Å². The van der Waals surface area contributed by atoms with Crippen LogP contribution in [0.5, 0.6) is 0 Å². The minimum absolute atomic E-state index is 0.151. The van der Waals surface area contributed by atoms with Gasteiger partial charge in [0.2, 0.25) is 5.82 Å². The molecule has 1 aromatic carbocycles. The first-order valence-electron chi connectivity index (χ1n) is 5.93. The highest BCUT2D eigenvalue weighted by Crippen LogP contribution is 2.26. The molecular weight excluding hydrogens is 294 g/mol. The zero-order valence-corrected chi connectivity index (χ0v) is 11.3. The number of carbonyl (C=O) groups is 1. The van der Waals surface area contributed by atoms with Crippen LogP contribution in [0.25, 0.3) is 22.8 Å². The smallest absolute Gasteiger partial charge is 0.335 e. The predicted octanol–water partition coefficient (Wildman–Crippen LogP) is 3.15. The summed E-state index contributed by atoms with van der Waals surface area (Å²) in [5.41, 5.74) is 1.22. The number of halogens is 1. The van der Waals surface area contributed by atoms with Crippen LogP contribution in [0.2, 0.25) is 5.15 Å². The van der Waals surface area contributed by atoms with E-state index in [1.165, 1.54) is 12.1 Å². The van der Waals surface area contributed by atoms with Crippen molar-refractivity contribution in [2.24, 2.45) is 0 Å². The third-order valence-corrected chi connectivity index (χ3v) is 3.08. The molecule has 0 bridgehead atoms. The maximum atomic E-state index is 11.0. The van der Waals surface area contributed by atoms with Gasteiger partial charge in [0.05, 0.1) is 11.1 Å². The molecule has 0 atom stereocenters. The molecule has 0 amide bonds. The van der Waals surface area contributed by atoms with E-state index in [1.807, 2.05) is 0 Å². The van der Waals surface area contributed by atoms with Crippen molar-refractivity contribution in [1.29, 1.82) is 0 Å². The number of benzene rings is 1. The fraction of sp³-hybridized carbons (Fsp3) is 0. The number of carboxylic acids is 1. The second kappa shape index (κ2) is 5.34. The van der Waals surface area contributed by atoms with Crippen molar-refractivity contribution in [1.82, 2.24) is 15.1 Å². The monoisotopic (exact) mass is 301 g/mol. The SMILES string of the molecule is O=C(O)c1cccc(-c2noc(-c3cccnc3Cl)n2)c1. The number of pyridine rings is 1. The summed E-state index contributed by atoms with van der Waals surface area (Å²) in [4.78, 5) is 19.1. The molecule has 3 aromatic rings. The lowest BCUT2D eigenvalue weighted by atomic mass is 10.1. The van der Waals surface area contributed by atoms with E-state index in [0.717, 1.165) is 0 Å². The molecule has 0 radical (unpaired) electrons. The van der Waals surface area contributed by atoms with Crippen molar-refractivity contribution in [3.63, 3.8) is 0 Å². The molecule has 3 rings (SSSR count). The molecule has 2 aromatic heterocycles. The van der Waals surface area contributed by atoms with Gasteiger partial charge in [-0.15, -0.1) is 0 Å². The Labute approximate surface area is 124 Å². The summed E-state index contributed by atoms with van der Waals surface area (Å²) in [5, 5.41) is 13.1. The van der Waals surface area contributed by atoms with E-state index in [0.29, 0.717) is 11.1 Å². The molecule has 0 saturated carbocycles. The molecule has 0 spiro atoms. The van der Waals surface area contributed by atoms with Crippen LogP contribution in [-0.2, 0) is 0 Å². The Bertz CT molecular complexity index is 816. The Balaban J connectivity index is 2.01. The first kappa shape index (κ1) is 13.3. The summed E-state index contributed by atoms with van der Waals surface area (Å²) in [6.07, 6.45) is 1.56. The zero-order chi connectivity index (χ0) is 14.8. The Morgan fingerprint density at radius 1 is 1.24 bits per heavy atom. The van der Waals surface area contributed by atoms with Crippen LogP contribution in [-0.4, -0.2) is 26.2 Å². The number of carboxylic acid groups (broad SMARTS) is 1. The zero-order valence-electron chi connectivity index (χ0n) is 10.5. The third kappa shape index (κ3) is 2.61. The van der Waals surface area contributed by atoms with E-state index in [1.54, 1.807) is 30.5 Å².